The van der Waals surface area contributed by atoms with Gasteiger partial charge in [0.15, 0.2) is 0 Å². The van der Waals surface area contributed by atoms with E-state index in [4.69, 9.17) is 4.74 Å². The third kappa shape index (κ3) is 3.85. The van der Waals surface area contributed by atoms with E-state index in [1.54, 1.807) is 0 Å². The molecule has 3 aromatic rings. The van der Waals surface area contributed by atoms with Gasteiger partial charge in [0, 0.05) is 18.8 Å². The molecule has 25 heavy (non-hydrogen) atoms. The first-order chi connectivity index (χ1) is 12.4. The lowest BCUT2D eigenvalue weighted by Crippen LogP contribution is -2.17. The van der Waals surface area contributed by atoms with Gasteiger partial charge in [-0.1, -0.05) is 54.6 Å². The number of hydrogen-bond acceptors (Lipinski definition) is 2. The summed E-state index contributed by atoms with van der Waals surface area (Å²) in [7, 11) is 0. The highest BCUT2D eigenvalue weighted by atomic mass is 16.5. The summed E-state index contributed by atoms with van der Waals surface area (Å²) in [5.41, 5.74) is 4.99. The van der Waals surface area contributed by atoms with E-state index in [0.717, 1.165) is 5.75 Å². The maximum absolute atomic E-state index is 5.86. The average Bonchev–Trinajstić information content (AvgIpc) is 3.23. The van der Waals surface area contributed by atoms with Crippen LogP contribution in [0.25, 0.3) is 11.1 Å². The van der Waals surface area contributed by atoms with Gasteiger partial charge in [-0.15, -0.1) is 0 Å². The van der Waals surface area contributed by atoms with Crippen LogP contribution >= 0.6 is 0 Å². The van der Waals surface area contributed by atoms with Crippen LogP contribution in [0.5, 0.6) is 5.75 Å². The summed E-state index contributed by atoms with van der Waals surface area (Å²) in [6.07, 6.45) is 2.62. The van der Waals surface area contributed by atoms with Gasteiger partial charge >= 0.3 is 0 Å². The number of anilines is 1. The van der Waals surface area contributed by atoms with Crippen LogP contribution in [-0.4, -0.2) is 13.1 Å². The minimum Gasteiger partial charge on any atom is -0.489 e. The standard InChI is InChI=1S/C23H23NO/c1-2-6-19(7-3-1)18-25-23-14-10-21(11-15-23)20-8-12-22(13-9-20)24-16-4-5-17-24/h1-3,6-15H,4-5,16-18H2. The minimum atomic E-state index is 0.602. The molecule has 0 radical (unpaired) electrons. The van der Waals surface area contributed by atoms with E-state index in [0.29, 0.717) is 6.61 Å². The topological polar surface area (TPSA) is 12.5 Å². The second-order valence-electron chi connectivity index (χ2n) is 6.54. The van der Waals surface area contributed by atoms with Gasteiger partial charge in [-0.25, -0.2) is 0 Å². The molecule has 2 nitrogen and oxygen atoms in total. The number of hydrogen-bond donors (Lipinski definition) is 0. The first-order valence-corrected chi connectivity index (χ1v) is 9.01. The lowest BCUT2D eigenvalue weighted by atomic mass is 10.1. The highest BCUT2D eigenvalue weighted by Gasteiger charge is 2.11. The van der Waals surface area contributed by atoms with Crippen molar-refractivity contribution in [2.24, 2.45) is 0 Å². The van der Waals surface area contributed by atoms with Crippen LogP contribution in [0.1, 0.15) is 18.4 Å². The summed E-state index contributed by atoms with van der Waals surface area (Å²) in [4.78, 5) is 2.46. The summed E-state index contributed by atoms with van der Waals surface area (Å²) in [5, 5.41) is 0. The van der Waals surface area contributed by atoms with Crippen LogP contribution in [0.15, 0.2) is 78.9 Å². The quantitative estimate of drug-likeness (QED) is 0.610. The zero-order valence-electron chi connectivity index (χ0n) is 14.4. The highest BCUT2D eigenvalue weighted by Crippen LogP contribution is 2.27. The Kier molecular flexibility index (Phi) is 4.69. The van der Waals surface area contributed by atoms with E-state index in [2.05, 4.69) is 53.4 Å². The van der Waals surface area contributed by atoms with Gasteiger partial charge in [0.2, 0.25) is 0 Å². The van der Waals surface area contributed by atoms with Gasteiger partial charge in [0.25, 0.3) is 0 Å². The van der Waals surface area contributed by atoms with Crippen molar-refractivity contribution < 1.29 is 4.74 Å². The van der Waals surface area contributed by atoms with E-state index >= 15 is 0 Å². The molecule has 2 heteroatoms. The third-order valence-electron chi connectivity index (χ3n) is 4.77. The number of nitrogens with zero attached hydrogens (tertiary/aromatic N) is 1. The number of ether oxygens (including phenoxy) is 1. The van der Waals surface area contributed by atoms with Crippen LogP contribution < -0.4 is 9.64 Å². The Hall–Kier alpha value is -2.74. The van der Waals surface area contributed by atoms with Crippen molar-refractivity contribution in [3.05, 3.63) is 84.4 Å². The number of rotatable bonds is 5. The largest absolute Gasteiger partial charge is 0.489 e. The van der Waals surface area contributed by atoms with E-state index < -0.39 is 0 Å². The SMILES string of the molecule is c1ccc(COc2ccc(-c3ccc(N4CCCC4)cc3)cc2)cc1. The Labute approximate surface area is 149 Å². The third-order valence-corrected chi connectivity index (χ3v) is 4.77. The molecule has 4 rings (SSSR count). The summed E-state index contributed by atoms with van der Waals surface area (Å²) >= 11 is 0. The number of benzene rings is 3. The smallest absolute Gasteiger partial charge is 0.119 e. The minimum absolute atomic E-state index is 0.602. The molecule has 1 aliphatic rings. The van der Waals surface area contributed by atoms with Crippen LogP contribution in [-0.2, 0) is 6.61 Å². The highest BCUT2D eigenvalue weighted by molar-refractivity contribution is 5.67. The molecule has 0 bridgehead atoms. The lowest BCUT2D eigenvalue weighted by molar-refractivity contribution is 0.306. The Morgan fingerprint density at radius 2 is 1.28 bits per heavy atom. The average molecular weight is 329 g/mol. The molecule has 0 amide bonds. The predicted molar refractivity (Wildman–Crippen MR) is 104 cm³/mol. The van der Waals surface area contributed by atoms with E-state index in [-0.39, 0.29) is 0 Å². The van der Waals surface area contributed by atoms with E-state index in [1.165, 1.54) is 48.3 Å². The van der Waals surface area contributed by atoms with Crippen molar-refractivity contribution in [2.45, 2.75) is 19.4 Å². The molecule has 0 spiro atoms. The van der Waals surface area contributed by atoms with Crippen molar-refractivity contribution in [1.82, 2.24) is 0 Å². The van der Waals surface area contributed by atoms with Gasteiger partial charge in [0.05, 0.1) is 0 Å². The molecule has 0 N–H and O–H groups in total. The fraction of sp³-hybridized carbons (Fsp3) is 0.217. The molecule has 0 aliphatic carbocycles. The Morgan fingerprint density at radius 3 is 1.92 bits per heavy atom. The fourth-order valence-electron chi connectivity index (χ4n) is 3.32. The molecule has 1 heterocycles. The predicted octanol–water partition coefficient (Wildman–Crippen LogP) is 5.53. The van der Waals surface area contributed by atoms with Crippen molar-refractivity contribution in [1.29, 1.82) is 0 Å². The van der Waals surface area contributed by atoms with Crippen molar-refractivity contribution in [3.8, 4) is 16.9 Å². The van der Waals surface area contributed by atoms with E-state index in [1.807, 2.05) is 30.3 Å². The molecule has 0 aromatic heterocycles. The monoisotopic (exact) mass is 329 g/mol. The zero-order valence-corrected chi connectivity index (χ0v) is 14.4. The summed E-state index contributed by atoms with van der Waals surface area (Å²) in [6.45, 7) is 2.98. The Balaban J connectivity index is 1.41. The maximum atomic E-state index is 5.86. The molecule has 0 saturated carbocycles. The molecule has 0 atom stereocenters. The normalized spacial score (nSPS) is 13.8. The van der Waals surface area contributed by atoms with Gasteiger partial charge in [-0.05, 0) is 53.8 Å². The van der Waals surface area contributed by atoms with Gasteiger partial charge < -0.3 is 9.64 Å². The Bertz CT molecular complexity index is 788. The van der Waals surface area contributed by atoms with Gasteiger partial charge in [-0.2, -0.15) is 0 Å². The van der Waals surface area contributed by atoms with Crippen molar-refractivity contribution in [2.75, 3.05) is 18.0 Å². The molecule has 1 fully saturated rings. The first-order valence-electron chi connectivity index (χ1n) is 9.01. The van der Waals surface area contributed by atoms with Crippen LogP contribution in [0.4, 0.5) is 5.69 Å². The first kappa shape index (κ1) is 15.8. The Morgan fingerprint density at radius 1 is 0.680 bits per heavy atom. The lowest BCUT2D eigenvalue weighted by Gasteiger charge is -2.17. The maximum Gasteiger partial charge on any atom is 0.119 e. The van der Waals surface area contributed by atoms with Crippen LogP contribution in [0.3, 0.4) is 0 Å². The van der Waals surface area contributed by atoms with Crippen molar-refractivity contribution >= 4 is 5.69 Å². The van der Waals surface area contributed by atoms with Gasteiger partial charge in [-0.3, -0.25) is 0 Å². The molecule has 3 aromatic carbocycles. The zero-order chi connectivity index (χ0) is 16.9. The second-order valence-corrected chi connectivity index (χ2v) is 6.54. The molecule has 126 valence electrons. The molecule has 1 aliphatic heterocycles. The summed E-state index contributed by atoms with van der Waals surface area (Å²) < 4.78 is 5.86. The molecule has 0 unspecified atom stereocenters. The molecular weight excluding hydrogens is 306 g/mol. The summed E-state index contributed by atoms with van der Waals surface area (Å²) in [5.74, 6) is 0.904. The van der Waals surface area contributed by atoms with Crippen LogP contribution in [0, 0.1) is 0 Å². The molecular formula is C23H23NO. The van der Waals surface area contributed by atoms with E-state index in [9.17, 15) is 0 Å². The van der Waals surface area contributed by atoms with Crippen molar-refractivity contribution in [3.63, 3.8) is 0 Å². The van der Waals surface area contributed by atoms with Crippen LogP contribution in [0.2, 0.25) is 0 Å². The fourth-order valence-corrected chi connectivity index (χ4v) is 3.32. The van der Waals surface area contributed by atoms with Gasteiger partial charge in [0.1, 0.15) is 12.4 Å². The summed E-state index contributed by atoms with van der Waals surface area (Å²) in [6, 6.07) is 27.5. The second kappa shape index (κ2) is 7.43. The molecule has 1 saturated heterocycles.